The van der Waals surface area contributed by atoms with Crippen LogP contribution in [0.2, 0.25) is 0 Å². The van der Waals surface area contributed by atoms with Crippen LogP contribution >= 0.6 is 0 Å². The number of nitrogens with zero attached hydrogens (tertiary/aromatic N) is 7. The first-order valence-electron chi connectivity index (χ1n) is 17.3. The number of hydrogen-bond donors (Lipinski definition) is 4. The molecule has 3 aliphatic rings. The third-order valence-electron chi connectivity index (χ3n) is 9.98. The molecule has 1 atom stereocenters. The maximum atomic E-state index is 12.6. The van der Waals surface area contributed by atoms with Crippen molar-refractivity contribution in [1.29, 1.82) is 0 Å². The molecule has 2 fully saturated rings. The van der Waals surface area contributed by atoms with Crippen LogP contribution in [0.15, 0.2) is 71.3 Å². The largest absolute Gasteiger partial charge is 0.513 e. The number of fused-ring (bicyclic) bond motifs is 3. The molecule has 6 N–H and O–H groups in total. The van der Waals surface area contributed by atoms with Crippen LogP contribution in [0.1, 0.15) is 73.0 Å². The highest BCUT2D eigenvalue weighted by atomic mass is 16.2. The van der Waals surface area contributed by atoms with Gasteiger partial charge in [0.15, 0.2) is 0 Å². The van der Waals surface area contributed by atoms with E-state index in [0.717, 1.165) is 66.6 Å². The van der Waals surface area contributed by atoms with Crippen molar-refractivity contribution in [2.45, 2.75) is 56.4 Å². The summed E-state index contributed by atoms with van der Waals surface area (Å²) >= 11 is 0. The van der Waals surface area contributed by atoms with Crippen LogP contribution in [0, 0.1) is 5.92 Å². The number of carbonyl (C=O) groups excluding carboxylic acids is 2. The molecule has 51 heavy (non-hydrogen) atoms. The number of hydrogen-bond acceptors (Lipinski definition) is 9. The highest BCUT2D eigenvalue weighted by molar-refractivity contribution is 6.39. The quantitative estimate of drug-likeness (QED) is 0.0816. The number of amides is 2. The van der Waals surface area contributed by atoms with Crippen molar-refractivity contribution < 1.29 is 14.7 Å². The third-order valence-corrected chi connectivity index (χ3v) is 9.98. The Kier molecular flexibility index (Phi) is 10.0. The van der Waals surface area contributed by atoms with Gasteiger partial charge in [0.25, 0.3) is 11.8 Å². The van der Waals surface area contributed by atoms with Crippen molar-refractivity contribution in [3.63, 3.8) is 0 Å². The zero-order valence-electron chi connectivity index (χ0n) is 29.6. The summed E-state index contributed by atoms with van der Waals surface area (Å²) < 4.78 is 2.16. The summed E-state index contributed by atoms with van der Waals surface area (Å²) in [5.41, 5.74) is 18.2. The Labute approximate surface area is 301 Å². The average molecular weight is 686 g/mol. The predicted molar refractivity (Wildman–Crippen MR) is 200 cm³/mol. The maximum absolute atomic E-state index is 12.6. The summed E-state index contributed by atoms with van der Waals surface area (Å²) in [5, 5.41) is 16.8. The molecule has 3 aromatic rings. The molecule has 0 spiro atoms. The number of nitrogens with two attached hydrogens (primary N) is 2. The standard InChI is InChI=1S/C36H44B2N10O3/c1-5-29-33-24(19-41-48(33)22-14-16-47(17-15-22)36(37,38)30-11-7-10-27(43-30)35(51)45(2)3)23-8-6-9-26(32(23)46(29)4)42-28(25(39)20-49)18-31(40)44-34(50)21-12-13-21/h6-11,18-22,29,42,49H,5,12-17,39H2,1-4H3,(H2,40,44,50)/b25-20+,28-18+. The summed E-state index contributed by atoms with van der Waals surface area (Å²) in [5.74, 6) is -0.533. The van der Waals surface area contributed by atoms with Crippen LogP contribution in [0.25, 0.3) is 11.1 Å². The molecule has 1 aliphatic carbocycles. The van der Waals surface area contributed by atoms with Crippen LogP contribution in [-0.2, 0) is 10.1 Å². The van der Waals surface area contributed by atoms with Crippen LogP contribution in [-0.4, -0.2) is 97.2 Å². The van der Waals surface area contributed by atoms with Crippen molar-refractivity contribution in [3.05, 3.63) is 83.4 Å². The lowest BCUT2D eigenvalue weighted by Crippen LogP contribution is -2.51. The zero-order valence-corrected chi connectivity index (χ0v) is 29.6. The Morgan fingerprint density at radius 3 is 2.45 bits per heavy atom. The Morgan fingerprint density at radius 1 is 1.10 bits per heavy atom. The third kappa shape index (κ3) is 6.99. The van der Waals surface area contributed by atoms with Gasteiger partial charge in [-0.3, -0.25) is 14.3 Å². The summed E-state index contributed by atoms with van der Waals surface area (Å²) in [6.07, 6.45) is 8.16. The van der Waals surface area contributed by atoms with Crippen LogP contribution in [0.3, 0.4) is 0 Å². The number of amidine groups is 1. The van der Waals surface area contributed by atoms with Crippen molar-refractivity contribution in [2.75, 3.05) is 44.4 Å². The first kappa shape index (κ1) is 35.8. The molecule has 1 saturated carbocycles. The van der Waals surface area contributed by atoms with Gasteiger partial charge >= 0.3 is 0 Å². The minimum absolute atomic E-state index is 0.00113. The monoisotopic (exact) mass is 686 g/mol. The molecule has 2 aromatic heterocycles. The summed E-state index contributed by atoms with van der Waals surface area (Å²) in [6.45, 7) is 3.38. The fraction of sp³-hybridized carbons (Fsp3) is 0.417. The molecule has 262 valence electrons. The normalized spacial score (nSPS) is 19.0. The molecule has 2 amide bonds. The van der Waals surface area contributed by atoms with Gasteiger partial charge in [-0.05, 0) is 68.7 Å². The fourth-order valence-electron chi connectivity index (χ4n) is 7.03. The lowest BCUT2D eigenvalue weighted by atomic mass is 9.58. The number of aliphatic imine (C=N–C) groups is 1. The second-order valence-corrected chi connectivity index (χ2v) is 13.7. The van der Waals surface area contributed by atoms with E-state index >= 15 is 0 Å². The Morgan fingerprint density at radius 2 is 1.80 bits per heavy atom. The van der Waals surface area contributed by atoms with Crippen molar-refractivity contribution in [2.24, 2.45) is 22.4 Å². The molecule has 4 radical (unpaired) electrons. The van der Waals surface area contributed by atoms with Gasteiger partial charge in [-0.2, -0.15) is 10.1 Å². The van der Waals surface area contributed by atoms with E-state index in [1.165, 1.54) is 11.0 Å². The Bertz CT molecular complexity index is 1910. The van der Waals surface area contributed by atoms with Gasteiger partial charge in [-0.15, -0.1) is 0 Å². The molecular formula is C36H44B2N10O3. The number of aliphatic hydroxyl groups is 1. The minimum Gasteiger partial charge on any atom is -0.513 e. The summed E-state index contributed by atoms with van der Waals surface area (Å²) in [6, 6.07) is 11.2. The molecule has 1 aromatic carbocycles. The van der Waals surface area contributed by atoms with Crippen LogP contribution < -0.4 is 21.7 Å². The molecule has 6 rings (SSSR count). The molecule has 0 bridgehead atoms. The smallest absolute Gasteiger partial charge is 0.271 e. The van der Waals surface area contributed by atoms with E-state index in [-0.39, 0.29) is 41.3 Å². The molecule has 15 heteroatoms. The van der Waals surface area contributed by atoms with Crippen molar-refractivity contribution >= 4 is 44.7 Å². The molecule has 4 heterocycles. The van der Waals surface area contributed by atoms with E-state index in [0.29, 0.717) is 30.2 Å². The topological polar surface area (TPSA) is 171 Å². The molecule has 1 unspecified atom stereocenters. The van der Waals surface area contributed by atoms with Crippen molar-refractivity contribution in [1.82, 2.24) is 24.6 Å². The van der Waals surface area contributed by atoms with E-state index in [1.807, 2.05) is 23.2 Å². The van der Waals surface area contributed by atoms with Gasteiger partial charge < -0.3 is 36.6 Å². The minimum atomic E-state index is -1.35. The van der Waals surface area contributed by atoms with E-state index < -0.39 is 5.34 Å². The molecule has 13 nitrogen and oxygen atoms in total. The van der Waals surface area contributed by atoms with Gasteiger partial charge in [-0.1, -0.05) is 25.1 Å². The molecule has 1 saturated heterocycles. The highest BCUT2D eigenvalue weighted by Crippen LogP contribution is 2.49. The molecular weight excluding hydrogens is 642 g/mol. The van der Waals surface area contributed by atoms with Crippen LogP contribution in [0.4, 0.5) is 11.4 Å². The SMILES string of the molecule is [B]C([B])(c1cccc(C(=O)N(C)C)n1)N1CCC(n2ncc3c2C(CC)N(C)c2c(NC(=C/C(N)=NC(=O)C4CC4)/C(N)=C\O)cccc2-3)CC1. The zero-order chi connectivity index (χ0) is 36.6. The number of aliphatic hydroxyl groups excluding tert-OH is 1. The van der Waals surface area contributed by atoms with E-state index in [9.17, 15) is 14.7 Å². The number of benzene rings is 1. The van der Waals surface area contributed by atoms with Crippen LogP contribution in [0.5, 0.6) is 0 Å². The number of aromatic nitrogens is 3. The van der Waals surface area contributed by atoms with Gasteiger partial charge in [0.05, 0.1) is 62.4 Å². The first-order valence-corrected chi connectivity index (χ1v) is 17.3. The van der Waals surface area contributed by atoms with Gasteiger partial charge in [-0.25, -0.2) is 4.98 Å². The second-order valence-electron chi connectivity index (χ2n) is 13.7. The van der Waals surface area contributed by atoms with Gasteiger partial charge in [0.2, 0.25) is 0 Å². The number of rotatable bonds is 10. The van der Waals surface area contributed by atoms with E-state index in [4.69, 9.17) is 32.3 Å². The summed E-state index contributed by atoms with van der Waals surface area (Å²) in [4.78, 5) is 39.1. The lowest BCUT2D eigenvalue weighted by molar-refractivity contribution is -0.118. The number of para-hydroxylation sites is 1. The number of carbonyl (C=O) groups is 2. The number of nitrogens with one attached hydrogen (secondary N) is 1. The van der Waals surface area contributed by atoms with Gasteiger partial charge in [0, 0.05) is 50.0 Å². The van der Waals surface area contributed by atoms with E-state index in [1.54, 1.807) is 32.3 Å². The number of likely N-dealkylation sites (tertiary alicyclic amines) is 1. The van der Waals surface area contributed by atoms with E-state index in [2.05, 4.69) is 44.9 Å². The number of piperidine rings is 1. The lowest BCUT2D eigenvalue weighted by Gasteiger charge is -2.44. The number of anilines is 2. The highest BCUT2D eigenvalue weighted by Gasteiger charge is 2.38. The number of pyridine rings is 1. The van der Waals surface area contributed by atoms with Crippen molar-refractivity contribution in [3.8, 4) is 11.1 Å². The average Bonchev–Trinajstić information content (AvgIpc) is 3.90. The predicted octanol–water partition coefficient (Wildman–Crippen LogP) is 3.28. The Balaban J connectivity index is 1.26. The maximum Gasteiger partial charge on any atom is 0.271 e. The van der Waals surface area contributed by atoms with Gasteiger partial charge in [0.1, 0.15) is 17.8 Å². The summed E-state index contributed by atoms with van der Waals surface area (Å²) in [7, 11) is 18.8. The molecule has 2 aliphatic heterocycles. The fourth-order valence-corrected chi connectivity index (χ4v) is 7.03. The first-order chi connectivity index (χ1) is 24.3. The second kappa shape index (κ2) is 14.3. The Hall–Kier alpha value is -5.04.